The monoisotopic (exact) mass is 218 g/mol. The van der Waals surface area contributed by atoms with Crippen LogP contribution in [0, 0.1) is 0 Å². The molecular weight excluding hydrogens is 192 g/mol. The molecule has 0 aliphatic carbocycles. The van der Waals surface area contributed by atoms with E-state index in [0.717, 1.165) is 18.7 Å². The molecule has 0 aromatic carbocycles. The molecule has 1 aliphatic heterocycles. The lowest BCUT2D eigenvalue weighted by atomic mass is 10.2. The van der Waals surface area contributed by atoms with Gasteiger partial charge in [0, 0.05) is 6.61 Å². The van der Waals surface area contributed by atoms with Crippen LogP contribution in [0.1, 0.15) is 32.6 Å². The van der Waals surface area contributed by atoms with Crippen LogP contribution in [0.2, 0.25) is 18.1 Å². The van der Waals surface area contributed by atoms with Gasteiger partial charge in [0.1, 0.15) is 0 Å². The molecule has 1 heterocycles. The molecule has 0 aromatic heterocycles. The first-order chi connectivity index (χ1) is 6.23. The lowest BCUT2D eigenvalue weighted by molar-refractivity contribution is 0.259. The fourth-order valence-corrected chi connectivity index (χ4v) is 6.41. The quantitative estimate of drug-likeness (QED) is 0.713. The Labute approximate surface area is 89.1 Å². The average molecular weight is 218 g/mol. The van der Waals surface area contributed by atoms with Gasteiger partial charge in [0.2, 0.25) is 0 Å². The van der Waals surface area contributed by atoms with E-state index in [1.807, 2.05) is 0 Å². The van der Waals surface area contributed by atoms with Gasteiger partial charge in [-0.3, -0.25) is 0 Å². The summed E-state index contributed by atoms with van der Waals surface area (Å²) in [4.78, 5) is 0. The molecule has 2 unspecified atom stereocenters. The van der Waals surface area contributed by atoms with E-state index in [0.29, 0.717) is 0 Å². The molecule has 86 valence electrons. The molecule has 0 bridgehead atoms. The summed E-state index contributed by atoms with van der Waals surface area (Å²) in [5, 5.41) is 0. The number of rotatable bonds is 4. The molecule has 0 aromatic rings. The highest BCUT2D eigenvalue weighted by molar-refractivity contribution is 6.74. The predicted octanol–water partition coefficient (Wildman–Crippen LogP) is 2.66. The molecule has 0 saturated carbocycles. The second-order valence-electron chi connectivity index (χ2n) is 4.30. The van der Waals surface area contributed by atoms with E-state index in [1.54, 1.807) is 0 Å². The summed E-state index contributed by atoms with van der Waals surface area (Å²) in [5.74, 6) is 0. The Morgan fingerprint density at radius 2 is 2.14 bits per heavy atom. The van der Waals surface area contributed by atoms with Gasteiger partial charge < -0.3 is 16.3 Å². The number of hydrogen-bond acceptors (Lipinski definition) is 3. The molecule has 0 spiro atoms. The van der Waals surface area contributed by atoms with E-state index >= 15 is 0 Å². The zero-order valence-electron chi connectivity index (χ0n) is 9.72. The molecule has 3 nitrogen and oxygen atoms in total. The van der Waals surface area contributed by atoms with Crippen molar-refractivity contribution in [2.45, 2.75) is 50.7 Å². The van der Waals surface area contributed by atoms with E-state index in [1.165, 1.54) is 31.7 Å². The van der Waals surface area contributed by atoms with E-state index in [9.17, 15) is 0 Å². The molecule has 1 saturated heterocycles. The van der Waals surface area contributed by atoms with Crippen molar-refractivity contribution in [2.75, 3.05) is 13.2 Å². The molecule has 0 amide bonds. The van der Waals surface area contributed by atoms with Crippen molar-refractivity contribution >= 4 is 8.32 Å². The van der Waals surface area contributed by atoms with E-state index in [2.05, 4.69) is 13.5 Å². The van der Waals surface area contributed by atoms with Gasteiger partial charge in [0.15, 0.2) is 8.32 Å². The van der Waals surface area contributed by atoms with Crippen LogP contribution in [0.25, 0.3) is 0 Å². The van der Waals surface area contributed by atoms with Crippen LogP contribution in [0.15, 0.2) is 0 Å². The minimum absolute atomic E-state index is 0. The van der Waals surface area contributed by atoms with Crippen LogP contribution in [0.4, 0.5) is 0 Å². The van der Waals surface area contributed by atoms with E-state index in [4.69, 9.17) is 10.2 Å². The minimum atomic E-state index is -1.37. The molecule has 1 aliphatic rings. The minimum Gasteiger partial charge on any atom is -0.417 e. The third kappa shape index (κ3) is 3.35. The maximum Gasteiger partial charge on any atom is 0.192 e. The topological polar surface area (TPSA) is 70.2 Å². The fraction of sp³-hybridized carbons (Fsp3) is 1.00. The summed E-state index contributed by atoms with van der Waals surface area (Å²) in [6.07, 6.45) is 5.06. The molecule has 1 fully saturated rings. The molecule has 2 atom stereocenters. The predicted molar refractivity (Wildman–Crippen MR) is 64.3 cm³/mol. The zero-order valence-corrected chi connectivity index (χ0v) is 10.7. The summed E-state index contributed by atoms with van der Waals surface area (Å²) in [7, 11) is -1.37. The molecular formula is C10H26N2OSi. The van der Waals surface area contributed by atoms with Crippen LogP contribution in [-0.2, 0) is 4.43 Å². The number of nitrogens with two attached hydrogens (primary N) is 1. The third-order valence-corrected chi connectivity index (χ3v) is 8.00. The van der Waals surface area contributed by atoms with Crippen LogP contribution in [0.3, 0.4) is 0 Å². The van der Waals surface area contributed by atoms with Crippen molar-refractivity contribution in [3.05, 3.63) is 0 Å². The SMILES string of the molecule is CCC(CCN)[Si]1(C)CCCCO1.N. The Hall–Kier alpha value is 0.0969. The van der Waals surface area contributed by atoms with E-state index < -0.39 is 8.32 Å². The number of hydrogen-bond donors (Lipinski definition) is 2. The van der Waals surface area contributed by atoms with Gasteiger partial charge in [-0.1, -0.05) is 19.8 Å². The van der Waals surface area contributed by atoms with Crippen LogP contribution in [0.5, 0.6) is 0 Å². The molecule has 0 radical (unpaired) electrons. The lowest BCUT2D eigenvalue weighted by Gasteiger charge is -2.38. The summed E-state index contributed by atoms with van der Waals surface area (Å²) < 4.78 is 6.05. The molecule has 14 heavy (non-hydrogen) atoms. The standard InChI is InChI=1S/C10H23NOSi.H3N/c1-3-10(6-7-11)13(2)9-5-4-8-12-13;/h10H,3-9,11H2,1-2H3;1H3. The van der Waals surface area contributed by atoms with Gasteiger partial charge in [-0.25, -0.2) is 0 Å². The van der Waals surface area contributed by atoms with Crippen LogP contribution < -0.4 is 11.9 Å². The zero-order chi connectivity index (χ0) is 9.73. The van der Waals surface area contributed by atoms with Crippen molar-refractivity contribution < 1.29 is 4.43 Å². The fourth-order valence-electron chi connectivity index (χ4n) is 2.42. The first kappa shape index (κ1) is 14.1. The Bertz CT molecular complexity index is 149. The van der Waals surface area contributed by atoms with Gasteiger partial charge in [-0.05, 0) is 37.5 Å². The highest BCUT2D eigenvalue weighted by Crippen LogP contribution is 2.36. The summed E-state index contributed by atoms with van der Waals surface area (Å²) in [6.45, 7) is 6.50. The summed E-state index contributed by atoms with van der Waals surface area (Å²) >= 11 is 0. The first-order valence-electron chi connectivity index (χ1n) is 5.57. The van der Waals surface area contributed by atoms with Gasteiger partial charge >= 0.3 is 0 Å². The summed E-state index contributed by atoms with van der Waals surface area (Å²) in [6, 6.07) is 1.35. The third-order valence-electron chi connectivity index (χ3n) is 3.37. The van der Waals surface area contributed by atoms with Crippen molar-refractivity contribution in [3.8, 4) is 0 Å². The molecule has 4 heteroatoms. The Morgan fingerprint density at radius 1 is 1.43 bits per heavy atom. The van der Waals surface area contributed by atoms with Crippen molar-refractivity contribution in [1.29, 1.82) is 0 Å². The normalized spacial score (nSPS) is 29.4. The Kier molecular flexibility index (Phi) is 6.60. The average Bonchev–Trinajstić information content (AvgIpc) is 2.15. The highest BCUT2D eigenvalue weighted by Gasteiger charge is 2.38. The van der Waals surface area contributed by atoms with Crippen molar-refractivity contribution in [2.24, 2.45) is 5.73 Å². The van der Waals surface area contributed by atoms with Gasteiger partial charge in [-0.15, -0.1) is 0 Å². The Balaban J connectivity index is 0.00000169. The maximum atomic E-state index is 6.05. The largest absolute Gasteiger partial charge is 0.417 e. The second kappa shape index (κ2) is 6.56. The van der Waals surface area contributed by atoms with Gasteiger partial charge in [0.25, 0.3) is 0 Å². The smallest absolute Gasteiger partial charge is 0.192 e. The van der Waals surface area contributed by atoms with Crippen molar-refractivity contribution in [1.82, 2.24) is 6.15 Å². The van der Waals surface area contributed by atoms with Crippen molar-refractivity contribution in [3.63, 3.8) is 0 Å². The lowest BCUT2D eigenvalue weighted by Crippen LogP contribution is -2.43. The maximum absolute atomic E-state index is 6.05. The Morgan fingerprint density at radius 3 is 2.57 bits per heavy atom. The van der Waals surface area contributed by atoms with E-state index in [-0.39, 0.29) is 6.15 Å². The van der Waals surface area contributed by atoms with Gasteiger partial charge in [-0.2, -0.15) is 0 Å². The first-order valence-corrected chi connectivity index (χ1v) is 8.26. The molecule has 1 rings (SSSR count). The summed E-state index contributed by atoms with van der Waals surface area (Å²) in [5.41, 5.74) is 6.43. The second-order valence-corrected chi connectivity index (χ2v) is 8.53. The van der Waals surface area contributed by atoms with Gasteiger partial charge in [0.05, 0.1) is 0 Å². The van der Waals surface area contributed by atoms with Crippen LogP contribution >= 0.6 is 0 Å². The molecule has 5 N–H and O–H groups in total. The van der Waals surface area contributed by atoms with Crippen LogP contribution in [-0.4, -0.2) is 21.5 Å². The highest BCUT2D eigenvalue weighted by atomic mass is 28.4.